The van der Waals surface area contributed by atoms with Crippen molar-refractivity contribution in [1.82, 2.24) is 15.2 Å². The quantitative estimate of drug-likeness (QED) is 0.182. The van der Waals surface area contributed by atoms with Gasteiger partial charge in [-0.3, -0.25) is 9.59 Å². The van der Waals surface area contributed by atoms with E-state index in [4.69, 9.17) is 18.9 Å². The van der Waals surface area contributed by atoms with E-state index in [9.17, 15) is 9.59 Å². The number of hydrogen-bond donors (Lipinski definition) is 2. The topological polar surface area (TPSA) is 102 Å². The molecule has 0 saturated heterocycles. The molecule has 1 aliphatic carbocycles. The Morgan fingerprint density at radius 3 is 2.22 bits per heavy atom. The Bertz CT molecular complexity index is 1570. The molecule has 1 fully saturated rings. The van der Waals surface area contributed by atoms with Crippen LogP contribution in [0.25, 0.3) is 10.9 Å². The highest BCUT2D eigenvalue weighted by Gasteiger charge is 2.34. The third-order valence-corrected chi connectivity index (χ3v) is 8.63. The van der Waals surface area contributed by atoms with Gasteiger partial charge in [0.1, 0.15) is 11.8 Å². The SMILES string of the molecule is COc1ccc(CN(C(=O)CCc2c[nH]c3ccccc23)[C@H](C(=O)NC2CCCCC2)c2cc(OC)c(OC)c(OC)c2)cc1. The number of benzene rings is 3. The minimum absolute atomic E-state index is 0.0555. The standard InChI is InChI=1S/C36H43N3O6/c1-42-28-17-14-24(15-18-28)23-39(33(40)19-16-25-22-37-30-13-9-8-12-29(25)30)34(36(41)38-27-10-6-5-7-11-27)26-20-31(43-2)35(45-4)32(21-26)44-3/h8-9,12-15,17-18,20-22,27,34,37H,5-7,10-11,16,19,23H2,1-4H3,(H,38,41)/t34-/m0/s1. The first-order valence-electron chi connectivity index (χ1n) is 15.5. The highest BCUT2D eigenvalue weighted by Crippen LogP contribution is 2.41. The minimum atomic E-state index is -0.946. The Morgan fingerprint density at radius 2 is 1.58 bits per heavy atom. The number of fused-ring (bicyclic) bond motifs is 1. The zero-order chi connectivity index (χ0) is 31.8. The first-order chi connectivity index (χ1) is 21.9. The molecule has 1 aliphatic rings. The van der Waals surface area contributed by atoms with Crippen molar-refractivity contribution in [3.8, 4) is 23.0 Å². The average molecular weight is 614 g/mol. The van der Waals surface area contributed by atoms with E-state index in [0.717, 1.165) is 47.7 Å². The Morgan fingerprint density at radius 1 is 0.889 bits per heavy atom. The molecule has 2 amide bonds. The summed E-state index contributed by atoms with van der Waals surface area (Å²) in [6.07, 6.45) is 7.83. The van der Waals surface area contributed by atoms with Crippen LogP contribution >= 0.6 is 0 Å². The number of carbonyl (C=O) groups is 2. The van der Waals surface area contributed by atoms with Gasteiger partial charge in [0.05, 0.1) is 28.4 Å². The van der Waals surface area contributed by atoms with Crippen molar-refractivity contribution in [2.75, 3.05) is 28.4 Å². The number of methoxy groups -OCH3 is 4. The molecule has 238 valence electrons. The van der Waals surface area contributed by atoms with Gasteiger partial charge in [-0.1, -0.05) is 49.6 Å². The molecule has 1 atom stereocenters. The number of rotatable bonds is 13. The molecule has 9 nitrogen and oxygen atoms in total. The number of carbonyl (C=O) groups excluding carboxylic acids is 2. The first kappa shape index (κ1) is 31.8. The molecule has 9 heteroatoms. The average Bonchev–Trinajstić information content (AvgIpc) is 3.50. The second-order valence-electron chi connectivity index (χ2n) is 11.4. The highest BCUT2D eigenvalue weighted by molar-refractivity contribution is 5.90. The molecule has 0 spiro atoms. The van der Waals surface area contributed by atoms with Crippen molar-refractivity contribution in [3.05, 3.63) is 83.6 Å². The van der Waals surface area contributed by atoms with E-state index >= 15 is 0 Å². The normalized spacial score (nSPS) is 14.0. The van der Waals surface area contributed by atoms with Crippen LogP contribution in [0.15, 0.2) is 66.9 Å². The van der Waals surface area contributed by atoms with Crippen molar-refractivity contribution in [2.24, 2.45) is 0 Å². The summed E-state index contributed by atoms with van der Waals surface area (Å²) >= 11 is 0. The number of aryl methyl sites for hydroxylation is 1. The third-order valence-electron chi connectivity index (χ3n) is 8.63. The fourth-order valence-corrected chi connectivity index (χ4v) is 6.23. The van der Waals surface area contributed by atoms with Crippen LogP contribution in [0.5, 0.6) is 23.0 Å². The predicted molar refractivity (Wildman–Crippen MR) is 174 cm³/mol. The van der Waals surface area contributed by atoms with Gasteiger partial charge in [0.15, 0.2) is 11.5 Å². The van der Waals surface area contributed by atoms with Crippen LogP contribution in [0, 0.1) is 0 Å². The van der Waals surface area contributed by atoms with Gasteiger partial charge in [0, 0.05) is 36.1 Å². The van der Waals surface area contributed by atoms with Crippen molar-refractivity contribution >= 4 is 22.7 Å². The van der Waals surface area contributed by atoms with Crippen molar-refractivity contribution in [2.45, 2.75) is 63.6 Å². The summed E-state index contributed by atoms with van der Waals surface area (Å²) in [5.74, 6) is 1.59. The summed E-state index contributed by atoms with van der Waals surface area (Å²) in [7, 11) is 6.24. The van der Waals surface area contributed by atoms with E-state index in [-0.39, 0.29) is 30.8 Å². The Hall–Kier alpha value is -4.66. The Kier molecular flexibility index (Phi) is 10.5. The summed E-state index contributed by atoms with van der Waals surface area (Å²) in [4.78, 5) is 33.7. The molecule has 0 aliphatic heterocycles. The van der Waals surface area contributed by atoms with E-state index in [2.05, 4.69) is 16.4 Å². The molecular formula is C36H43N3O6. The van der Waals surface area contributed by atoms with Crippen molar-refractivity contribution in [1.29, 1.82) is 0 Å². The highest BCUT2D eigenvalue weighted by atomic mass is 16.5. The van der Waals surface area contributed by atoms with Gasteiger partial charge in [0.25, 0.3) is 0 Å². The number of hydrogen-bond acceptors (Lipinski definition) is 6. The van der Waals surface area contributed by atoms with E-state index in [1.807, 2.05) is 48.7 Å². The summed E-state index contributed by atoms with van der Waals surface area (Å²) in [5.41, 5.74) is 3.53. The first-order valence-corrected chi connectivity index (χ1v) is 15.5. The second-order valence-corrected chi connectivity index (χ2v) is 11.4. The van der Waals surface area contributed by atoms with Crippen LogP contribution < -0.4 is 24.3 Å². The van der Waals surface area contributed by atoms with Gasteiger partial charge in [-0.15, -0.1) is 0 Å². The van der Waals surface area contributed by atoms with Gasteiger partial charge in [0.2, 0.25) is 17.6 Å². The van der Waals surface area contributed by atoms with Gasteiger partial charge in [-0.05, 0) is 66.3 Å². The molecule has 1 saturated carbocycles. The van der Waals surface area contributed by atoms with E-state index in [1.54, 1.807) is 38.4 Å². The number of para-hydroxylation sites is 1. The lowest BCUT2D eigenvalue weighted by Gasteiger charge is -2.34. The van der Waals surface area contributed by atoms with Gasteiger partial charge >= 0.3 is 0 Å². The number of amides is 2. The van der Waals surface area contributed by atoms with Crippen LogP contribution in [0.3, 0.4) is 0 Å². The van der Waals surface area contributed by atoms with E-state index in [0.29, 0.717) is 35.0 Å². The fourth-order valence-electron chi connectivity index (χ4n) is 6.23. The van der Waals surface area contributed by atoms with Crippen LogP contribution in [0.4, 0.5) is 0 Å². The molecule has 3 aromatic carbocycles. The van der Waals surface area contributed by atoms with Gasteiger partial charge in [-0.2, -0.15) is 0 Å². The summed E-state index contributed by atoms with van der Waals surface area (Å²) in [6, 6.07) is 18.3. The number of ether oxygens (including phenoxy) is 4. The largest absolute Gasteiger partial charge is 0.497 e. The maximum atomic E-state index is 14.4. The molecule has 0 radical (unpaired) electrons. The van der Waals surface area contributed by atoms with Gasteiger partial charge in [-0.25, -0.2) is 0 Å². The molecule has 0 unspecified atom stereocenters. The molecule has 45 heavy (non-hydrogen) atoms. The second kappa shape index (κ2) is 14.9. The van der Waals surface area contributed by atoms with E-state index < -0.39 is 6.04 Å². The van der Waals surface area contributed by atoms with Crippen LogP contribution in [-0.4, -0.2) is 56.2 Å². The number of nitrogens with one attached hydrogen (secondary N) is 2. The molecule has 2 N–H and O–H groups in total. The number of aromatic nitrogens is 1. The summed E-state index contributed by atoms with van der Waals surface area (Å²) < 4.78 is 22.3. The molecule has 0 bridgehead atoms. The zero-order valence-corrected chi connectivity index (χ0v) is 26.6. The molecule has 4 aromatic rings. The summed E-state index contributed by atoms with van der Waals surface area (Å²) in [6.45, 7) is 0.218. The Labute approximate surface area is 264 Å². The monoisotopic (exact) mass is 613 g/mol. The van der Waals surface area contributed by atoms with Crippen molar-refractivity contribution in [3.63, 3.8) is 0 Å². The predicted octanol–water partition coefficient (Wildman–Crippen LogP) is 6.35. The molecule has 5 rings (SSSR count). The molecule has 1 heterocycles. The maximum Gasteiger partial charge on any atom is 0.247 e. The summed E-state index contributed by atoms with van der Waals surface area (Å²) in [5, 5.41) is 4.37. The maximum absolute atomic E-state index is 14.4. The van der Waals surface area contributed by atoms with Crippen LogP contribution in [0.2, 0.25) is 0 Å². The molecular weight excluding hydrogens is 570 g/mol. The smallest absolute Gasteiger partial charge is 0.247 e. The molecule has 1 aromatic heterocycles. The number of H-pyrrole nitrogens is 1. The van der Waals surface area contributed by atoms with Crippen LogP contribution in [0.1, 0.15) is 61.3 Å². The zero-order valence-electron chi connectivity index (χ0n) is 26.6. The minimum Gasteiger partial charge on any atom is -0.497 e. The third kappa shape index (κ3) is 7.36. The van der Waals surface area contributed by atoms with Crippen LogP contribution in [-0.2, 0) is 22.6 Å². The van der Waals surface area contributed by atoms with Gasteiger partial charge < -0.3 is 34.1 Å². The van der Waals surface area contributed by atoms with Crippen molar-refractivity contribution < 1.29 is 28.5 Å². The number of aromatic amines is 1. The Balaban J connectivity index is 1.55. The lowest BCUT2D eigenvalue weighted by molar-refractivity contribution is -0.142. The lowest BCUT2D eigenvalue weighted by Crippen LogP contribution is -2.47. The lowest BCUT2D eigenvalue weighted by atomic mass is 9.94. The van der Waals surface area contributed by atoms with E-state index in [1.165, 1.54) is 13.5 Å². The fraction of sp³-hybridized carbons (Fsp3) is 0.389. The number of nitrogens with zero attached hydrogens (tertiary/aromatic N) is 1.